The van der Waals surface area contributed by atoms with Crippen LogP contribution in [0.3, 0.4) is 0 Å². The number of carbonyl (C=O) groups excluding carboxylic acids is 2. The Morgan fingerprint density at radius 3 is 1.80 bits per heavy atom. The Hall–Kier alpha value is -1.51. The first-order chi connectivity index (χ1) is 20.9. The molecule has 1 N–H and O–H groups in total. The summed E-state index contributed by atoms with van der Waals surface area (Å²) in [5.74, 6) is -0.997. The minimum Gasteiger partial charge on any atom is -0.462 e. The summed E-state index contributed by atoms with van der Waals surface area (Å²) in [4.78, 5) is 33.4. The van der Waals surface area contributed by atoms with Gasteiger partial charge in [0.2, 0.25) is 0 Å². The first kappa shape index (κ1) is 42.5. The lowest BCUT2D eigenvalue weighted by molar-refractivity contribution is -0.870. The molecule has 0 bridgehead atoms. The molecule has 0 aliphatic heterocycles. The van der Waals surface area contributed by atoms with Gasteiger partial charge in [-0.25, -0.2) is 4.57 Å². The van der Waals surface area contributed by atoms with E-state index >= 15 is 0 Å². The molecule has 9 nitrogen and oxygen atoms in total. The van der Waals surface area contributed by atoms with Gasteiger partial charge >= 0.3 is 19.8 Å². The fourth-order valence-electron chi connectivity index (χ4n) is 4.36. The van der Waals surface area contributed by atoms with E-state index in [9.17, 15) is 19.0 Å². The lowest BCUT2D eigenvalue weighted by atomic mass is 10.1. The van der Waals surface area contributed by atoms with Crippen LogP contribution in [0.2, 0.25) is 0 Å². The summed E-state index contributed by atoms with van der Waals surface area (Å²) in [5, 5.41) is 0. The molecule has 0 fully saturated rings. The number of rotatable bonds is 30. The van der Waals surface area contributed by atoms with Gasteiger partial charge in [0, 0.05) is 13.3 Å². The number of unbranched alkanes of at least 4 members (excludes halogenated alkanes) is 14. The Balaban J connectivity index is 3.88. The van der Waals surface area contributed by atoms with E-state index in [0.717, 1.165) is 25.7 Å². The summed E-state index contributed by atoms with van der Waals surface area (Å²) in [5.41, 5.74) is 0. The van der Waals surface area contributed by atoms with Crippen molar-refractivity contribution in [3.05, 3.63) is 24.3 Å². The van der Waals surface area contributed by atoms with Crippen LogP contribution >= 0.6 is 7.82 Å². The number of hydrogen-bond donors (Lipinski definition) is 1. The molecule has 0 saturated carbocycles. The molecule has 0 aliphatic rings. The largest absolute Gasteiger partial charge is 0.472 e. The van der Waals surface area contributed by atoms with Crippen molar-refractivity contribution in [3.8, 4) is 0 Å². The SMILES string of the molecule is CCCCCCC/C=C\C/C=C\CCCCCCCCCCCC(=O)OC(COC(C)=O)COP(=O)(O)OCC[N+](C)(C)C. The van der Waals surface area contributed by atoms with Crippen LogP contribution in [0.4, 0.5) is 0 Å². The third kappa shape index (κ3) is 31.9. The molecule has 0 aromatic heterocycles. The zero-order valence-electron chi connectivity index (χ0n) is 28.6. The van der Waals surface area contributed by atoms with E-state index in [-0.39, 0.29) is 19.6 Å². The van der Waals surface area contributed by atoms with Gasteiger partial charge in [0.05, 0.1) is 27.7 Å². The summed E-state index contributed by atoms with van der Waals surface area (Å²) in [6.07, 6.45) is 28.7. The predicted molar refractivity (Wildman–Crippen MR) is 178 cm³/mol. The second-order valence-corrected chi connectivity index (χ2v) is 14.1. The van der Waals surface area contributed by atoms with Gasteiger partial charge in [0.15, 0.2) is 6.10 Å². The molecule has 2 unspecified atom stereocenters. The summed E-state index contributed by atoms with van der Waals surface area (Å²) in [6.45, 7) is 3.36. The number of likely N-dealkylation sites (N-methyl/N-ethyl adjacent to an activating group) is 1. The molecule has 258 valence electrons. The Labute approximate surface area is 268 Å². The Kier molecular flexibility index (Phi) is 26.8. The number of esters is 2. The second-order valence-electron chi connectivity index (χ2n) is 12.6. The van der Waals surface area contributed by atoms with Crippen LogP contribution in [0.15, 0.2) is 24.3 Å². The van der Waals surface area contributed by atoms with Crippen molar-refractivity contribution >= 4 is 19.8 Å². The lowest BCUT2D eigenvalue weighted by Crippen LogP contribution is -2.37. The fraction of sp³-hybridized carbons (Fsp3) is 0.824. The first-order valence-electron chi connectivity index (χ1n) is 17.0. The Morgan fingerprint density at radius 2 is 1.27 bits per heavy atom. The number of phosphoric acid groups is 1. The summed E-state index contributed by atoms with van der Waals surface area (Å²) < 4.78 is 33.0. The number of quaternary nitrogens is 1. The van der Waals surface area contributed by atoms with Gasteiger partial charge in [-0.15, -0.1) is 0 Å². The first-order valence-corrected chi connectivity index (χ1v) is 18.5. The van der Waals surface area contributed by atoms with E-state index in [1.54, 1.807) is 0 Å². The van der Waals surface area contributed by atoms with Crippen LogP contribution in [0.5, 0.6) is 0 Å². The molecule has 2 atom stereocenters. The average molecular weight is 647 g/mol. The predicted octanol–water partition coefficient (Wildman–Crippen LogP) is 8.46. The minimum atomic E-state index is -4.33. The van der Waals surface area contributed by atoms with Crippen LogP contribution < -0.4 is 0 Å². The zero-order valence-corrected chi connectivity index (χ0v) is 29.5. The molecule has 0 aromatic carbocycles. The average Bonchev–Trinajstić information content (AvgIpc) is 2.94. The number of hydrogen-bond acceptors (Lipinski definition) is 7. The van der Waals surface area contributed by atoms with Crippen molar-refractivity contribution in [2.24, 2.45) is 0 Å². The monoisotopic (exact) mass is 646 g/mol. The number of phosphoric ester groups is 1. The fourth-order valence-corrected chi connectivity index (χ4v) is 5.10. The van der Waals surface area contributed by atoms with E-state index in [1.165, 1.54) is 84.0 Å². The molecule has 0 heterocycles. The van der Waals surface area contributed by atoms with Crippen LogP contribution in [-0.4, -0.2) is 74.9 Å². The van der Waals surface area contributed by atoms with Gasteiger partial charge in [0.25, 0.3) is 0 Å². The van der Waals surface area contributed by atoms with Crippen LogP contribution in [0, 0.1) is 0 Å². The Bertz CT molecular complexity index is 825. The van der Waals surface area contributed by atoms with Crippen LogP contribution in [0.1, 0.15) is 129 Å². The summed E-state index contributed by atoms with van der Waals surface area (Å²) in [7, 11) is 1.46. The highest BCUT2D eigenvalue weighted by atomic mass is 31.2. The highest BCUT2D eigenvalue weighted by Crippen LogP contribution is 2.43. The molecule has 0 spiro atoms. The molecular formula is C34H65NO8P+. The van der Waals surface area contributed by atoms with Gasteiger partial charge < -0.3 is 18.9 Å². The van der Waals surface area contributed by atoms with Gasteiger partial charge in [0.1, 0.15) is 19.8 Å². The zero-order chi connectivity index (χ0) is 32.9. The molecule has 0 aromatic rings. The molecule has 0 radical (unpaired) electrons. The van der Waals surface area contributed by atoms with E-state index in [2.05, 4.69) is 31.2 Å². The number of carbonyl (C=O) groups is 2. The number of nitrogens with zero attached hydrogens (tertiary/aromatic N) is 1. The maximum Gasteiger partial charge on any atom is 0.472 e. The Morgan fingerprint density at radius 1 is 0.750 bits per heavy atom. The van der Waals surface area contributed by atoms with Crippen molar-refractivity contribution in [1.82, 2.24) is 0 Å². The molecule has 0 rings (SSSR count). The minimum absolute atomic E-state index is 0.0287. The molecular weight excluding hydrogens is 581 g/mol. The van der Waals surface area contributed by atoms with Crippen molar-refractivity contribution in [2.45, 2.75) is 136 Å². The second kappa shape index (κ2) is 27.8. The highest BCUT2D eigenvalue weighted by Gasteiger charge is 2.26. The van der Waals surface area contributed by atoms with Crippen LogP contribution in [0.25, 0.3) is 0 Å². The van der Waals surface area contributed by atoms with E-state index in [4.69, 9.17) is 18.5 Å². The van der Waals surface area contributed by atoms with Gasteiger partial charge in [-0.05, 0) is 38.5 Å². The molecule has 10 heteroatoms. The topological polar surface area (TPSA) is 108 Å². The highest BCUT2D eigenvalue weighted by molar-refractivity contribution is 7.47. The third-order valence-corrected chi connectivity index (χ3v) is 8.03. The van der Waals surface area contributed by atoms with Crippen molar-refractivity contribution in [2.75, 3.05) is 47.5 Å². The molecule has 0 saturated heterocycles. The summed E-state index contributed by atoms with van der Waals surface area (Å²) in [6, 6.07) is 0. The van der Waals surface area contributed by atoms with Gasteiger partial charge in [-0.1, -0.05) is 102 Å². The quantitative estimate of drug-likeness (QED) is 0.0272. The van der Waals surface area contributed by atoms with Crippen molar-refractivity contribution in [3.63, 3.8) is 0 Å². The summed E-state index contributed by atoms with van der Waals surface area (Å²) >= 11 is 0. The standard InChI is InChI=1S/C34H64NO8P/c1-6-7-8-9-10-11-12-13-14-15-16-17-18-19-20-21-22-23-24-25-26-27-34(37)43-33(30-40-32(2)36)31-42-44(38,39)41-29-28-35(3,4)5/h12-13,15-16,33H,6-11,14,17-31H2,1-5H3/p+1/b13-12-,16-15-. The van der Waals surface area contributed by atoms with E-state index in [0.29, 0.717) is 17.4 Å². The molecule has 44 heavy (non-hydrogen) atoms. The van der Waals surface area contributed by atoms with Crippen LogP contribution in [-0.2, 0) is 32.7 Å². The van der Waals surface area contributed by atoms with Crippen molar-refractivity contribution in [1.29, 1.82) is 0 Å². The molecule has 0 aliphatic carbocycles. The normalized spacial score (nSPS) is 14.2. The smallest absolute Gasteiger partial charge is 0.462 e. The lowest BCUT2D eigenvalue weighted by Gasteiger charge is -2.24. The molecule has 0 amide bonds. The third-order valence-electron chi connectivity index (χ3n) is 7.04. The van der Waals surface area contributed by atoms with Crippen molar-refractivity contribution < 1.29 is 42.1 Å². The maximum atomic E-state index is 12.3. The van der Waals surface area contributed by atoms with Gasteiger partial charge in [-0.2, -0.15) is 0 Å². The number of allylic oxidation sites excluding steroid dienone is 4. The van der Waals surface area contributed by atoms with E-state index in [1.807, 2.05) is 21.1 Å². The maximum absolute atomic E-state index is 12.3. The van der Waals surface area contributed by atoms with E-state index < -0.39 is 32.5 Å². The van der Waals surface area contributed by atoms with Gasteiger partial charge in [-0.3, -0.25) is 18.6 Å². The number of ether oxygens (including phenoxy) is 2.